The van der Waals surface area contributed by atoms with E-state index in [-0.39, 0.29) is 17.7 Å². The largest absolute Gasteiger partial charge is 0.313 e. The van der Waals surface area contributed by atoms with Crippen molar-refractivity contribution < 1.29 is 8.78 Å². The highest BCUT2D eigenvalue weighted by atomic mass is 19.1. The lowest BCUT2D eigenvalue weighted by molar-refractivity contribution is 0.568. The molecule has 0 aromatic heterocycles. The van der Waals surface area contributed by atoms with Crippen LogP contribution in [-0.2, 0) is 6.42 Å². The molecule has 0 spiro atoms. The summed E-state index contributed by atoms with van der Waals surface area (Å²) in [6.07, 6.45) is 0.629. The number of benzene rings is 2. The number of hydrogen-bond donors (Lipinski definition) is 1. The van der Waals surface area contributed by atoms with Crippen LogP contribution in [-0.4, -0.2) is 7.05 Å². The smallest absolute Gasteiger partial charge is 0.123 e. The predicted octanol–water partition coefficient (Wildman–Crippen LogP) is 4.08. The Morgan fingerprint density at radius 3 is 2.20 bits per heavy atom. The lowest BCUT2D eigenvalue weighted by atomic mass is 9.93. The van der Waals surface area contributed by atoms with E-state index in [9.17, 15) is 8.78 Å². The van der Waals surface area contributed by atoms with Gasteiger partial charge in [0.25, 0.3) is 0 Å². The average Bonchev–Trinajstić information content (AvgIpc) is 2.42. The van der Waals surface area contributed by atoms with E-state index in [2.05, 4.69) is 5.32 Å². The summed E-state index contributed by atoms with van der Waals surface area (Å²) in [5.74, 6) is -0.488. The van der Waals surface area contributed by atoms with Crippen LogP contribution >= 0.6 is 0 Å². The van der Waals surface area contributed by atoms with E-state index in [4.69, 9.17) is 0 Å². The van der Waals surface area contributed by atoms with Crippen LogP contribution in [0.1, 0.15) is 28.3 Å². The Morgan fingerprint density at radius 1 is 0.950 bits per heavy atom. The van der Waals surface area contributed by atoms with Gasteiger partial charge in [0.05, 0.1) is 0 Å². The Morgan fingerprint density at radius 2 is 1.55 bits per heavy atom. The third kappa shape index (κ3) is 3.23. The van der Waals surface area contributed by atoms with Crippen molar-refractivity contribution in [2.24, 2.45) is 0 Å². The van der Waals surface area contributed by atoms with Gasteiger partial charge in [-0.1, -0.05) is 12.1 Å². The molecule has 1 N–H and O–H groups in total. The van der Waals surface area contributed by atoms with Crippen LogP contribution in [0, 0.1) is 25.5 Å². The van der Waals surface area contributed by atoms with E-state index in [1.807, 2.05) is 20.9 Å². The van der Waals surface area contributed by atoms with Gasteiger partial charge in [0.1, 0.15) is 11.6 Å². The molecule has 2 aromatic carbocycles. The van der Waals surface area contributed by atoms with E-state index in [1.165, 1.54) is 12.1 Å². The average molecular weight is 275 g/mol. The van der Waals surface area contributed by atoms with Crippen molar-refractivity contribution in [1.29, 1.82) is 0 Å². The first-order valence-corrected chi connectivity index (χ1v) is 6.69. The van der Waals surface area contributed by atoms with Gasteiger partial charge in [-0.3, -0.25) is 0 Å². The zero-order chi connectivity index (χ0) is 14.7. The number of halogens is 2. The molecule has 0 fully saturated rings. The van der Waals surface area contributed by atoms with Crippen LogP contribution in [0.5, 0.6) is 0 Å². The third-order valence-electron chi connectivity index (χ3n) is 3.70. The van der Waals surface area contributed by atoms with Gasteiger partial charge in [-0.15, -0.1) is 0 Å². The fraction of sp³-hybridized carbons (Fsp3) is 0.294. The highest BCUT2D eigenvalue weighted by molar-refractivity contribution is 5.33. The Labute approximate surface area is 118 Å². The molecule has 1 nitrogen and oxygen atoms in total. The van der Waals surface area contributed by atoms with Crippen molar-refractivity contribution in [3.05, 3.63) is 70.3 Å². The SMILES string of the molecule is CNC(Cc1cc(F)ccc1C)c1cc(F)ccc1C. The fourth-order valence-corrected chi connectivity index (χ4v) is 2.43. The minimum atomic E-state index is -0.248. The summed E-state index contributed by atoms with van der Waals surface area (Å²) < 4.78 is 26.8. The van der Waals surface area contributed by atoms with Crippen molar-refractivity contribution in [3.63, 3.8) is 0 Å². The van der Waals surface area contributed by atoms with Crippen LogP contribution in [0.4, 0.5) is 8.78 Å². The molecular weight excluding hydrogens is 256 g/mol. The second-order valence-electron chi connectivity index (χ2n) is 5.12. The van der Waals surface area contributed by atoms with Crippen molar-refractivity contribution in [2.45, 2.75) is 26.3 Å². The van der Waals surface area contributed by atoms with Gasteiger partial charge in [-0.05, 0) is 73.8 Å². The maximum atomic E-state index is 13.4. The molecule has 2 aromatic rings. The summed E-state index contributed by atoms with van der Waals surface area (Å²) in [6.45, 7) is 3.91. The summed E-state index contributed by atoms with van der Waals surface area (Å²) in [5, 5.41) is 3.19. The van der Waals surface area contributed by atoms with Crippen molar-refractivity contribution in [2.75, 3.05) is 7.05 Å². The topological polar surface area (TPSA) is 12.0 Å². The van der Waals surface area contributed by atoms with Crippen molar-refractivity contribution >= 4 is 0 Å². The van der Waals surface area contributed by atoms with Crippen LogP contribution in [0.25, 0.3) is 0 Å². The third-order valence-corrected chi connectivity index (χ3v) is 3.70. The second-order valence-corrected chi connectivity index (χ2v) is 5.12. The zero-order valence-electron chi connectivity index (χ0n) is 12.0. The maximum absolute atomic E-state index is 13.4. The van der Waals surface area contributed by atoms with Crippen molar-refractivity contribution in [3.8, 4) is 0 Å². The molecule has 20 heavy (non-hydrogen) atoms. The summed E-state index contributed by atoms with van der Waals surface area (Å²) in [7, 11) is 1.84. The van der Waals surface area contributed by atoms with Crippen LogP contribution in [0.3, 0.4) is 0 Å². The van der Waals surface area contributed by atoms with Gasteiger partial charge >= 0.3 is 0 Å². The Kier molecular flexibility index (Phi) is 4.50. The molecule has 0 aliphatic heterocycles. The van der Waals surface area contributed by atoms with Gasteiger partial charge in [0.15, 0.2) is 0 Å². The lowest BCUT2D eigenvalue weighted by Gasteiger charge is -2.20. The van der Waals surface area contributed by atoms with E-state index >= 15 is 0 Å². The summed E-state index contributed by atoms with van der Waals surface area (Å²) in [4.78, 5) is 0. The minimum Gasteiger partial charge on any atom is -0.313 e. The molecule has 0 bridgehead atoms. The molecule has 0 radical (unpaired) electrons. The molecule has 0 aliphatic rings. The molecule has 106 valence electrons. The summed E-state index contributed by atoms with van der Waals surface area (Å²) >= 11 is 0. The molecule has 2 rings (SSSR count). The Balaban J connectivity index is 2.33. The van der Waals surface area contributed by atoms with Gasteiger partial charge in [-0.2, -0.15) is 0 Å². The quantitative estimate of drug-likeness (QED) is 0.886. The Hall–Kier alpha value is -1.74. The predicted molar refractivity (Wildman–Crippen MR) is 77.8 cm³/mol. The van der Waals surface area contributed by atoms with Crippen molar-refractivity contribution in [1.82, 2.24) is 5.32 Å². The standard InChI is InChI=1S/C17H19F2N/c1-11-4-6-14(18)8-13(11)9-17(20-3)16-10-15(19)7-5-12(16)2/h4-8,10,17,20H,9H2,1-3H3. The van der Waals surface area contributed by atoms with Crippen LogP contribution in [0.2, 0.25) is 0 Å². The molecular formula is C17H19F2N. The highest BCUT2D eigenvalue weighted by Crippen LogP contribution is 2.24. The number of hydrogen-bond acceptors (Lipinski definition) is 1. The molecule has 0 heterocycles. The normalized spacial score (nSPS) is 12.4. The van der Waals surface area contributed by atoms with E-state index in [0.717, 1.165) is 22.3 Å². The van der Waals surface area contributed by atoms with Gasteiger partial charge in [-0.25, -0.2) is 8.78 Å². The molecule has 1 unspecified atom stereocenters. The molecule has 3 heteroatoms. The second kappa shape index (κ2) is 6.14. The summed E-state index contributed by atoms with van der Waals surface area (Å²) in [5.41, 5.74) is 3.92. The minimum absolute atomic E-state index is 0.0359. The fourth-order valence-electron chi connectivity index (χ4n) is 2.43. The molecule has 0 aliphatic carbocycles. The Bertz CT molecular complexity index is 608. The van der Waals surface area contributed by atoms with Gasteiger partial charge in [0, 0.05) is 6.04 Å². The first-order chi connectivity index (χ1) is 9.51. The maximum Gasteiger partial charge on any atom is 0.123 e. The lowest BCUT2D eigenvalue weighted by Crippen LogP contribution is -2.20. The number of aryl methyl sites for hydroxylation is 2. The van der Waals surface area contributed by atoms with Crippen LogP contribution in [0.15, 0.2) is 36.4 Å². The van der Waals surface area contributed by atoms with Gasteiger partial charge in [0.2, 0.25) is 0 Å². The molecule has 0 saturated carbocycles. The number of nitrogens with one attached hydrogen (secondary N) is 1. The highest BCUT2D eigenvalue weighted by Gasteiger charge is 2.15. The summed E-state index contributed by atoms with van der Waals surface area (Å²) in [6, 6.07) is 9.52. The van der Waals surface area contributed by atoms with Gasteiger partial charge < -0.3 is 5.32 Å². The van der Waals surface area contributed by atoms with E-state index < -0.39 is 0 Å². The molecule has 0 amide bonds. The zero-order valence-corrected chi connectivity index (χ0v) is 12.0. The number of rotatable bonds is 4. The monoisotopic (exact) mass is 275 g/mol. The molecule has 1 atom stereocenters. The van der Waals surface area contributed by atoms with Crippen LogP contribution < -0.4 is 5.32 Å². The van der Waals surface area contributed by atoms with E-state index in [1.54, 1.807) is 24.3 Å². The van der Waals surface area contributed by atoms with E-state index in [0.29, 0.717) is 6.42 Å². The number of likely N-dealkylation sites (N-methyl/N-ethyl adjacent to an activating group) is 1. The first kappa shape index (κ1) is 14.7. The first-order valence-electron chi connectivity index (χ1n) is 6.69. The molecule has 0 saturated heterocycles.